The van der Waals surface area contributed by atoms with E-state index in [1.54, 1.807) is 4.98 Å². The molecule has 0 fully saturated rings. The first-order chi connectivity index (χ1) is 6.97. The smallest absolute Gasteiger partial charge is 0.349 e. The van der Waals surface area contributed by atoms with Crippen molar-refractivity contribution in [2.24, 2.45) is 0 Å². The first-order valence-corrected chi connectivity index (χ1v) is 3.57. The van der Waals surface area contributed by atoms with Crippen molar-refractivity contribution in [3.63, 3.8) is 0 Å². The molecular weight excluding hydrogens is 212 g/mol. The average Bonchev–Trinajstić information content (AvgIpc) is 2.16. The molecule has 0 aliphatic heterocycles. The molecule has 0 spiro atoms. The SMILES string of the molecule is N#Cc1cc(C(F)F)c([N+](=O)[O-])[nH]c1=O. The molecule has 0 aromatic carbocycles. The van der Waals surface area contributed by atoms with Gasteiger partial charge in [-0.15, -0.1) is 0 Å². The number of nitrogens with one attached hydrogen (secondary N) is 1. The van der Waals surface area contributed by atoms with Crippen molar-refractivity contribution < 1.29 is 13.7 Å². The van der Waals surface area contributed by atoms with Gasteiger partial charge in [0.2, 0.25) is 0 Å². The standard InChI is InChI=1S/C7H3F2N3O3/c8-5(9)4-1-3(2-10)7(13)11-6(4)12(14)15/h1,5H,(H,11,13). The molecule has 6 nitrogen and oxygen atoms in total. The number of aromatic nitrogens is 1. The van der Waals surface area contributed by atoms with Crippen LogP contribution in [0.1, 0.15) is 17.6 Å². The largest absolute Gasteiger partial charge is 0.358 e. The van der Waals surface area contributed by atoms with E-state index in [4.69, 9.17) is 5.26 Å². The number of pyridine rings is 1. The number of alkyl halides is 2. The third-order valence-corrected chi connectivity index (χ3v) is 1.59. The Kier molecular flexibility index (Phi) is 2.75. The minimum atomic E-state index is -3.13. The summed E-state index contributed by atoms with van der Waals surface area (Å²) < 4.78 is 24.6. The van der Waals surface area contributed by atoms with Crippen molar-refractivity contribution in [1.82, 2.24) is 4.98 Å². The Morgan fingerprint density at radius 2 is 2.20 bits per heavy atom. The number of halogens is 2. The third kappa shape index (κ3) is 1.96. The van der Waals surface area contributed by atoms with Gasteiger partial charge in [0.25, 0.3) is 6.43 Å². The minimum Gasteiger partial charge on any atom is -0.358 e. The van der Waals surface area contributed by atoms with E-state index >= 15 is 0 Å². The molecule has 0 amide bonds. The lowest BCUT2D eigenvalue weighted by atomic mass is 10.2. The lowest BCUT2D eigenvalue weighted by Crippen LogP contribution is -2.14. The molecule has 1 heterocycles. The Balaban J connectivity index is 3.55. The second-order valence-corrected chi connectivity index (χ2v) is 2.49. The molecular formula is C7H3F2N3O3. The van der Waals surface area contributed by atoms with Crippen LogP contribution in [0.4, 0.5) is 14.6 Å². The topological polar surface area (TPSA) is 99.8 Å². The fraction of sp³-hybridized carbons (Fsp3) is 0.143. The van der Waals surface area contributed by atoms with Crippen molar-refractivity contribution in [3.8, 4) is 6.07 Å². The Bertz CT molecular complexity index is 503. The van der Waals surface area contributed by atoms with Crippen molar-refractivity contribution in [1.29, 1.82) is 5.26 Å². The quantitative estimate of drug-likeness (QED) is 0.589. The molecule has 0 aliphatic rings. The van der Waals surface area contributed by atoms with E-state index in [1.165, 1.54) is 6.07 Å². The van der Waals surface area contributed by atoms with Crippen LogP contribution >= 0.6 is 0 Å². The molecule has 1 N–H and O–H groups in total. The Hall–Kier alpha value is -2.30. The molecule has 0 bridgehead atoms. The van der Waals surface area contributed by atoms with Gasteiger partial charge in [-0.2, -0.15) is 5.26 Å². The molecule has 1 aromatic heterocycles. The van der Waals surface area contributed by atoms with Crippen LogP contribution in [0.2, 0.25) is 0 Å². The van der Waals surface area contributed by atoms with Crippen molar-refractivity contribution in [2.75, 3.05) is 0 Å². The van der Waals surface area contributed by atoms with Gasteiger partial charge in [-0.3, -0.25) is 0 Å². The van der Waals surface area contributed by atoms with Gasteiger partial charge in [-0.1, -0.05) is 0 Å². The van der Waals surface area contributed by atoms with Gasteiger partial charge in [0, 0.05) is 0 Å². The van der Waals surface area contributed by atoms with E-state index in [2.05, 4.69) is 0 Å². The van der Waals surface area contributed by atoms with E-state index in [0.29, 0.717) is 6.07 Å². The molecule has 0 unspecified atom stereocenters. The monoisotopic (exact) mass is 215 g/mol. The summed E-state index contributed by atoms with van der Waals surface area (Å²) in [5, 5.41) is 18.7. The summed E-state index contributed by atoms with van der Waals surface area (Å²) in [4.78, 5) is 21.7. The zero-order chi connectivity index (χ0) is 11.6. The lowest BCUT2D eigenvalue weighted by Gasteiger charge is -2.01. The van der Waals surface area contributed by atoms with E-state index in [-0.39, 0.29) is 0 Å². The number of H-pyrrole nitrogens is 1. The average molecular weight is 215 g/mol. The maximum atomic E-state index is 12.3. The first kappa shape index (κ1) is 10.8. The number of hydrogen-bond acceptors (Lipinski definition) is 4. The second kappa shape index (κ2) is 3.83. The molecule has 0 aliphatic carbocycles. The highest BCUT2D eigenvalue weighted by molar-refractivity contribution is 5.40. The molecule has 0 radical (unpaired) electrons. The molecule has 0 saturated carbocycles. The fourth-order valence-electron chi connectivity index (χ4n) is 0.937. The predicted octanol–water partition coefficient (Wildman–Crippen LogP) is 1.09. The molecule has 1 rings (SSSR count). The molecule has 78 valence electrons. The van der Waals surface area contributed by atoms with Gasteiger partial charge in [0.1, 0.15) is 17.2 Å². The van der Waals surface area contributed by atoms with E-state index in [9.17, 15) is 23.7 Å². The Labute approximate surface area is 80.9 Å². The second-order valence-electron chi connectivity index (χ2n) is 2.49. The zero-order valence-electron chi connectivity index (χ0n) is 7.03. The van der Waals surface area contributed by atoms with Gasteiger partial charge >= 0.3 is 11.4 Å². The first-order valence-electron chi connectivity index (χ1n) is 3.57. The van der Waals surface area contributed by atoms with Crippen LogP contribution in [0.5, 0.6) is 0 Å². The highest BCUT2D eigenvalue weighted by Gasteiger charge is 2.23. The van der Waals surface area contributed by atoms with Crippen LogP contribution in [0.25, 0.3) is 0 Å². The predicted molar refractivity (Wildman–Crippen MR) is 43.4 cm³/mol. The summed E-state index contributed by atoms with van der Waals surface area (Å²) in [5.41, 5.74) is -2.62. The van der Waals surface area contributed by atoms with Gasteiger partial charge in [-0.25, -0.2) is 18.6 Å². The number of hydrogen-bond donors (Lipinski definition) is 1. The number of rotatable bonds is 2. The van der Waals surface area contributed by atoms with Crippen molar-refractivity contribution in [3.05, 3.63) is 37.7 Å². The van der Waals surface area contributed by atoms with E-state index < -0.39 is 33.9 Å². The molecule has 1 aromatic rings. The van der Waals surface area contributed by atoms with Gasteiger partial charge in [0.05, 0.1) is 0 Å². The minimum absolute atomic E-state index is 0.516. The summed E-state index contributed by atoms with van der Waals surface area (Å²) in [5.74, 6) is -1.09. The van der Waals surface area contributed by atoms with Crippen molar-refractivity contribution in [2.45, 2.75) is 6.43 Å². The molecule has 0 saturated heterocycles. The summed E-state index contributed by atoms with van der Waals surface area (Å²) >= 11 is 0. The number of nitriles is 1. The maximum Gasteiger partial charge on any atom is 0.349 e. The number of nitrogens with zero attached hydrogens (tertiary/aromatic N) is 2. The van der Waals surface area contributed by atoms with Crippen LogP contribution in [0.3, 0.4) is 0 Å². The van der Waals surface area contributed by atoms with E-state index in [1.807, 2.05) is 0 Å². The van der Waals surface area contributed by atoms with Gasteiger partial charge in [-0.05, 0) is 11.0 Å². The number of nitro groups is 1. The highest BCUT2D eigenvalue weighted by atomic mass is 19.3. The number of aromatic amines is 1. The van der Waals surface area contributed by atoms with Crippen LogP contribution in [-0.2, 0) is 0 Å². The molecule has 0 atom stereocenters. The van der Waals surface area contributed by atoms with Crippen LogP contribution < -0.4 is 5.56 Å². The van der Waals surface area contributed by atoms with E-state index in [0.717, 1.165) is 0 Å². The molecule has 8 heteroatoms. The van der Waals surface area contributed by atoms with Crippen molar-refractivity contribution >= 4 is 5.82 Å². The summed E-state index contributed by atoms with van der Waals surface area (Å²) in [6.45, 7) is 0. The summed E-state index contributed by atoms with van der Waals surface area (Å²) in [7, 11) is 0. The van der Waals surface area contributed by atoms with Gasteiger partial charge in [0.15, 0.2) is 0 Å². The third-order valence-electron chi connectivity index (χ3n) is 1.59. The zero-order valence-corrected chi connectivity index (χ0v) is 7.03. The van der Waals surface area contributed by atoms with Crippen LogP contribution in [0.15, 0.2) is 10.9 Å². The highest BCUT2D eigenvalue weighted by Crippen LogP contribution is 2.25. The maximum absolute atomic E-state index is 12.3. The Morgan fingerprint density at radius 1 is 1.60 bits per heavy atom. The summed E-state index contributed by atoms with van der Waals surface area (Å²) in [6.07, 6.45) is -3.13. The lowest BCUT2D eigenvalue weighted by molar-refractivity contribution is -0.391. The Morgan fingerprint density at radius 3 is 2.60 bits per heavy atom. The summed E-state index contributed by atoms with van der Waals surface area (Å²) in [6, 6.07) is 1.87. The normalized spacial score (nSPS) is 10.0. The fourth-order valence-corrected chi connectivity index (χ4v) is 0.937. The van der Waals surface area contributed by atoms with Gasteiger partial charge < -0.3 is 10.1 Å². The molecule has 15 heavy (non-hydrogen) atoms. The van der Waals surface area contributed by atoms with Crippen LogP contribution in [-0.4, -0.2) is 9.91 Å². The van der Waals surface area contributed by atoms with Crippen LogP contribution in [0, 0.1) is 21.4 Å².